The lowest BCUT2D eigenvalue weighted by Gasteiger charge is -2.15. The highest BCUT2D eigenvalue weighted by Gasteiger charge is 2.24. The van der Waals surface area contributed by atoms with E-state index < -0.39 is 80.9 Å². The number of carbonyl (C=O) groups is 2. The number of halogens is 11. The van der Waals surface area contributed by atoms with E-state index in [1.54, 1.807) is 12.1 Å². The molecule has 1 amide bonds. The number of rotatable bonds is 12. The fourth-order valence-electron chi connectivity index (χ4n) is 8.80. The number of terminal acetylenes is 1. The Morgan fingerprint density at radius 1 is 0.403 bits per heavy atom. The molecule has 10 aromatic rings. The number of benzene rings is 8. The number of nitro benzene ring substituents is 7. The van der Waals surface area contributed by atoms with Crippen LogP contribution in [-0.2, 0) is 20.4 Å². The quantitative estimate of drug-likeness (QED) is 0.0137. The van der Waals surface area contributed by atoms with Crippen LogP contribution in [0.5, 0.6) is 0 Å². The summed E-state index contributed by atoms with van der Waals surface area (Å²) in [6, 6.07) is 23.1. The molecular weight excluding hydrogens is 1860 g/mol. The van der Waals surface area contributed by atoms with Crippen LogP contribution in [0.25, 0.3) is 21.8 Å². The summed E-state index contributed by atoms with van der Waals surface area (Å²) in [5, 5.41) is 76.1. The summed E-state index contributed by atoms with van der Waals surface area (Å²) >= 11 is 10.7. The van der Waals surface area contributed by atoms with Gasteiger partial charge in [-0.25, -0.2) is 35.1 Å². The Hall–Kier alpha value is -14.1. The number of nitrogens with two attached hydrogens (primary N) is 6. The van der Waals surface area contributed by atoms with E-state index in [4.69, 9.17) is 52.4 Å². The highest BCUT2D eigenvalue weighted by Crippen LogP contribution is 2.35. The number of fused-ring (bicyclic) bond motifs is 2. The number of carbonyl (C=O) groups excluding carboxylic acids is 2. The number of nitrogen functional groups attached to an aromatic ring is 6. The number of nitrogens with zero attached hydrogens (tertiary/aromatic N) is 7. The Bertz CT molecular complexity index is 5780. The molecule has 0 atom stereocenters. The van der Waals surface area contributed by atoms with Gasteiger partial charge in [-0.3, -0.25) is 80.4 Å². The monoisotopic (exact) mass is 1950 g/mol. The van der Waals surface area contributed by atoms with Crippen molar-refractivity contribution in [2.45, 2.75) is 154 Å². The summed E-state index contributed by atoms with van der Waals surface area (Å²) in [4.78, 5) is 95.4. The summed E-state index contributed by atoms with van der Waals surface area (Å²) in [5.41, 5.74) is 31.4. The van der Waals surface area contributed by atoms with Gasteiger partial charge in [-0.05, 0) is 155 Å². The van der Waals surface area contributed by atoms with Crippen molar-refractivity contribution in [2.75, 3.05) is 39.7 Å². The molecule has 43 heteroatoms. The molecule has 129 heavy (non-hydrogen) atoms. The van der Waals surface area contributed by atoms with Crippen LogP contribution in [0.3, 0.4) is 0 Å². The SMILES string of the molecule is C#CC(C)(C)C.CC(C)(C)C#Cc1cc([N+](=O)[O-])cc(F)c1N.CC(C)(C)c1cc2cc(N)cc(F)c2[nH]1.CC(C)(C)c1cc2cc([N+](=O)[O-])cc(F)c2[nH]1.CCCC(=O)Cl.CCCC(=O)Nc1c(F)cc([N+](=O)[O-])cc1C#CC(C)(C)C.Nc1c(F)cc([N+](=O)[O-])cc1Br.Nc1c(F)cc([N+](=O)[O-])cc1Br.Nc1ccc([N+](=O)[O-])cc1F.Nc1ccc([N+](=O)[O-])cc1F. The molecule has 10 rings (SSSR count). The minimum Gasteiger partial charge on any atom is -0.399 e. The third-order valence-electron chi connectivity index (χ3n) is 15.5. The number of hydrogen-bond acceptors (Lipinski definition) is 22. The van der Waals surface area contributed by atoms with Crippen LogP contribution in [-0.4, -0.2) is 55.6 Å². The van der Waals surface area contributed by atoms with Crippen molar-refractivity contribution < 1.29 is 79.2 Å². The van der Waals surface area contributed by atoms with Gasteiger partial charge in [0.05, 0.1) is 142 Å². The summed E-state index contributed by atoms with van der Waals surface area (Å²) in [7, 11) is 0. The number of hydrogen-bond donors (Lipinski definition) is 9. The van der Waals surface area contributed by atoms with Gasteiger partial charge in [0.15, 0.2) is 40.7 Å². The van der Waals surface area contributed by atoms with E-state index in [0.717, 1.165) is 102 Å². The van der Waals surface area contributed by atoms with Crippen molar-refractivity contribution in [1.82, 2.24) is 9.97 Å². The fraction of sp³-hybridized carbons (Fsp3) is 0.302. The van der Waals surface area contributed by atoms with Crippen LogP contribution >= 0.6 is 43.5 Å². The van der Waals surface area contributed by atoms with Crippen LogP contribution in [0.4, 0.5) is 115 Å². The third-order valence-corrected chi connectivity index (χ3v) is 17.0. The van der Waals surface area contributed by atoms with Gasteiger partial charge in [-0.2, -0.15) is 0 Å². The van der Waals surface area contributed by atoms with Gasteiger partial charge in [0.1, 0.15) is 5.82 Å². The zero-order chi connectivity index (χ0) is 99.8. The predicted octanol–water partition coefficient (Wildman–Crippen LogP) is 23.3. The summed E-state index contributed by atoms with van der Waals surface area (Å²) in [6.07, 6.45) is 7.26. The number of non-ortho nitro benzene ring substituents is 7. The Balaban J connectivity index is 0.000000730. The molecule has 0 fully saturated rings. The van der Waals surface area contributed by atoms with E-state index in [1.807, 2.05) is 103 Å². The van der Waals surface area contributed by atoms with Crippen LogP contribution in [0.1, 0.15) is 166 Å². The molecule has 0 aliphatic heterocycles. The lowest BCUT2D eigenvalue weighted by Crippen LogP contribution is -2.13. The van der Waals surface area contributed by atoms with Gasteiger partial charge in [0.25, 0.3) is 39.8 Å². The largest absolute Gasteiger partial charge is 0.399 e. The lowest BCUT2D eigenvalue weighted by molar-refractivity contribution is -0.385. The minimum absolute atomic E-state index is 0.0137. The number of anilines is 7. The topological polar surface area (TPSA) is 536 Å². The maximum Gasteiger partial charge on any atom is 0.273 e. The number of aromatic amines is 2. The van der Waals surface area contributed by atoms with Crippen LogP contribution in [0.15, 0.2) is 130 Å². The molecule has 0 bridgehead atoms. The molecule has 0 aliphatic carbocycles. The molecule has 8 aromatic carbocycles. The molecule has 0 unspecified atom stereocenters. The molecule has 0 spiro atoms. The summed E-state index contributed by atoms with van der Waals surface area (Å²) in [6.45, 7) is 33.2. The molecule has 0 radical (unpaired) electrons. The predicted molar refractivity (Wildman–Crippen MR) is 491 cm³/mol. The van der Waals surface area contributed by atoms with E-state index in [1.165, 1.54) is 24.3 Å². The molecule has 2 aromatic heterocycles. The van der Waals surface area contributed by atoms with Crippen molar-refractivity contribution in [3.8, 4) is 36.0 Å². The van der Waals surface area contributed by atoms with Gasteiger partial charge in [-0.15, -0.1) is 12.3 Å². The molecule has 0 aliphatic rings. The molecule has 15 N–H and O–H groups in total. The van der Waals surface area contributed by atoms with Gasteiger partial charge in [-0.1, -0.05) is 79.1 Å². The third kappa shape index (κ3) is 40.0. The lowest BCUT2D eigenvalue weighted by atomic mass is 9.92. The Kier molecular flexibility index (Phi) is 43.6. The first-order valence-corrected chi connectivity index (χ1v) is 39.5. The van der Waals surface area contributed by atoms with Crippen LogP contribution in [0.2, 0.25) is 0 Å². The zero-order valence-electron chi connectivity index (χ0n) is 72.7. The van der Waals surface area contributed by atoms with Gasteiger partial charge < -0.3 is 49.7 Å². The maximum atomic E-state index is 14.1. The van der Waals surface area contributed by atoms with Crippen LogP contribution in [0, 0.1) is 170 Å². The smallest absolute Gasteiger partial charge is 0.273 e. The Morgan fingerprint density at radius 3 is 1.02 bits per heavy atom. The van der Waals surface area contributed by atoms with Gasteiger partial charge >= 0.3 is 0 Å². The van der Waals surface area contributed by atoms with E-state index in [9.17, 15) is 116 Å². The average molecular weight is 1960 g/mol. The first-order chi connectivity index (χ1) is 59.1. The van der Waals surface area contributed by atoms with Crippen molar-refractivity contribution in [2.24, 2.45) is 16.2 Å². The second-order valence-electron chi connectivity index (χ2n) is 32.1. The van der Waals surface area contributed by atoms with Crippen molar-refractivity contribution in [3.05, 3.63) is 270 Å². The second-order valence-corrected chi connectivity index (χ2v) is 34.2. The van der Waals surface area contributed by atoms with Crippen molar-refractivity contribution in [3.63, 3.8) is 0 Å². The van der Waals surface area contributed by atoms with E-state index in [2.05, 4.69) is 97.5 Å². The molecule has 32 nitrogen and oxygen atoms in total. The average Bonchev–Trinajstić information content (AvgIpc) is 1.67. The fourth-order valence-corrected chi connectivity index (χ4v) is 9.84. The van der Waals surface area contributed by atoms with Crippen molar-refractivity contribution in [1.29, 1.82) is 0 Å². The van der Waals surface area contributed by atoms with Crippen molar-refractivity contribution >= 4 is 156 Å². The second kappa shape index (κ2) is 49.7. The van der Waals surface area contributed by atoms with E-state index >= 15 is 0 Å². The molecule has 0 saturated heterocycles. The number of nitro groups is 7. The number of aromatic nitrogens is 2. The molecular formula is C86H95Br2ClF8N16O16. The Labute approximate surface area is 757 Å². The highest BCUT2D eigenvalue weighted by molar-refractivity contribution is 9.11. The molecule has 692 valence electrons. The summed E-state index contributed by atoms with van der Waals surface area (Å²) < 4.78 is 106. The van der Waals surface area contributed by atoms with E-state index in [0.29, 0.717) is 34.9 Å². The standard InChI is InChI=1S/C16H19FN2O3.2C12H13FN2O2.C12H15FN2.2C6H4BrFN2O2.2C6H5FN2O2.C6H10.C4H7ClO/c1-5-6-14(20)18-15-11(7-8-16(2,3)4)9-12(19(21)22)10-13(15)17;1-12(2,3)10-5-7-4-8(15(16)17)6-9(13)11(7)14-10;1-12(2,3)5-4-8-6-9(15(16)17)7-10(13)11(8)14;1-12(2,3)10-5-7-4-8(14)6-9(13)11(7)15-10;2*7-4-1-3(10(11)12)2-5(8)6(4)9;2*7-5-3-4(9(10)11)1-2-6(5)8;1-5-6(2,3)4;1-2-3-4(5)6/h9-10H,5-6H2,1-4H3,(H,18,20);4-6,14H,1-3H3;6-7H,14H2,1-3H3;4-6,15H,14H2,1-3H3;2*1-2H,9H2;2*1-3H,8H2;1H,2-4H3;2-3H2,1H3. The van der Waals surface area contributed by atoms with Gasteiger partial charge in [0.2, 0.25) is 11.1 Å². The minimum atomic E-state index is -0.864. The van der Waals surface area contributed by atoms with Crippen LogP contribution < -0.4 is 39.7 Å². The highest BCUT2D eigenvalue weighted by atomic mass is 79.9. The molecule has 2 heterocycles. The first kappa shape index (κ1) is 113. The number of nitrogens with one attached hydrogen (secondary N) is 3. The summed E-state index contributed by atoms with van der Waals surface area (Å²) in [5.74, 6) is 7.70. The first-order valence-electron chi connectivity index (χ1n) is 37.6. The maximum absolute atomic E-state index is 14.1. The normalized spacial score (nSPS) is 10.5. The van der Waals surface area contributed by atoms with E-state index in [-0.39, 0.29) is 139 Å². The van der Waals surface area contributed by atoms with Gasteiger partial charge in [0, 0.05) is 110 Å². The molecule has 0 saturated carbocycles. The number of H-pyrrole nitrogens is 2. The number of amides is 1. The zero-order valence-corrected chi connectivity index (χ0v) is 76.7. The Morgan fingerprint density at radius 2 is 0.705 bits per heavy atom.